The number of rotatable bonds is 6. The van der Waals surface area contributed by atoms with Gasteiger partial charge < -0.3 is 10.0 Å². The molecule has 1 heterocycles. The average molecular weight is 261 g/mol. The van der Waals surface area contributed by atoms with Crippen LogP contribution in [0.15, 0.2) is 24.3 Å². The fraction of sp³-hybridized carbons (Fsp3) is 0.467. The monoisotopic (exact) mass is 261 g/mol. The van der Waals surface area contributed by atoms with E-state index in [1.54, 1.807) is 0 Å². The first kappa shape index (κ1) is 13.6. The van der Waals surface area contributed by atoms with E-state index in [2.05, 4.69) is 4.90 Å². The lowest BCUT2D eigenvalue weighted by Crippen LogP contribution is -2.32. The van der Waals surface area contributed by atoms with Gasteiger partial charge in [-0.1, -0.05) is 18.6 Å². The molecule has 0 fully saturated rings. The van der Waals surface area contributed by atoms with Crippen LogP contribution in [-0.4, -0.2) is 29.9 Å². The minimum atomic E-state index is -0.728. The number of carbonyl (C=O) groups excluding carboxylic acids is 1. The van der Waals surface area contributed by atoms with Crippen molar-refractivity contribution in [3.63, 3.8) is 0 Å². The first-order valence-corrected chi connectivity index (χ1v) is 6.77. The summed E-state index contributed by atoms with van der Waals surface area (Å²) in [4.78, 5) is 24.4. The molecule has 4 nitrogen and oxygen atoms in total. The molecular formula is C15H19NO3. The number of fused-ring (bicyclic) bond motifs is 1. The summed E-state index contributed by atoms with van der Waals surface area (Å²) in [6.07, 6.45) is 3.43. The molecule has 0 aromatic heterocycles. The summed E-state index contributed by atoms with van der Waals surface area (Å²) in [5, 5.41) is 8.57. The van der Waals surface area contributed by atoms with Crippen LogP contribution >= 0.6 is 0 Å². The number of aliphatic carboxylic acids is 1. The number of hydrogen-bond acceptors (Lipinski definition) is 3. The van der Waals surface area contributed by atoms with E-state index in [1.165, 1.54) is 0 Å². The van der Waals surface area contributed by atoms with Crippen molar-refractivity contribution < 1.29 is 14.7 Å². The number of para-hydroxylation sites is 1. The van der Waals surface area contributed by atoms with Gasteiger partial charge in [0.1, 0.15) is 0 Å². The Morgan fingerprint density at radius 3 is 2.79 bits per heavy atom. The van der Waals surface area contributed by atoms with E-state index >= 15 is 0 Å². The predicted molar refractivity (Wildman–Crippen MR) is 73.7 cm³/mol. The Balaban J connectivity index is 1.87. The topological polar surface area (TPSA) is 57.6 Å². The molecule has 0 amide bonds. The van der Waals surface area contributed by atoms with Gasteiger partial charge >= 0.3 is 5.97 Å². The highest BCUT2D eigenvalue weighted by Gasteiger charge is 2.21. The summed E-state index contributed by atoms with van der Waals surface area (Å²) in [6.45, 7) is 1.67. The lowest BCUT2D eigenvalue weighted by atomic mass is 10.00. The van der Waals surface area contributed by atoms with Gasteiger partial charge in [0, 0.05) is 37.2 Å². The highest BCUT2D eigenvalue weighted by atomic mass is 16.4. The minimum absolute atomic E-state index is 0.220. The molecule has 0 atom stereocenters. The van der Waals surface area contributed by atoms with Crippen molar-refractivity contribution in [1.29, 1.82) is 0 Å². The molecule has 1 N–H and O–H groups in total. The number of nitrogens with zero attached hydrogens (tertiary/aromatic N) is 1. The van der Waals surface area contributed by atoms with Gasteiger partial charge in [-0.05, 0) is 25.0 Å². The number of unbranched alkanes of at least 4 members (excludes halogenated alkanes) is 2. The molecular weight excluding hydrogens is 242 g/mol. The Bertz CT molecular complexity index is 470. The van der Waals surface area contributed by atoms with E-state index in [9.17, 15) is 9.59 Å². The van der Waals surface area contributed by atoms with Crippen molar-refractivity contribution in [2.45, 2.75) is 32.1 Å². The second kappa shape index (κ2) is 6.36. The third kappa shape index (κ3) is 3.56. The summed E-state index contributed by atoms with van der Waals surface area (Å²) in [7, 11) is 0. The Labute approximate surface area is 113 Å². The van der Waals surface area contributed by atoms with E-state index in [-0.39, 0.29) is 12.2 Å². The molecule has 1 aliphatic heterocycles. The lowest BCUT2D eigenvalue weighted by Gasteiger charge is -2.30. The molecule has 0 spiro atoms. The van der Waals surface area contributed by atoms with Gasteiger partial charge in [0.25, 0.3) is 0 Å². The van der Waals surface area contributed by atoms with Gasteiger partial charge in [0.2, 0.25) is 0 Å². The van der Waals surface area contributed by atoms with Crippen molar-refractivity contribution in [2.75, 3.05) is 18.0 Å². The van der Waals surface area contributed by atoms with Crippen LogP contribution in [0, 0.1) is 0 Å². The van der Waals surface area contributed by atoms with Gasteiger partial charge in [-0.15, -0.1) is 0 Å². The van der Waals surface area contributed by atoms with Crippen molar-refractivity contribution in [2.24, 2.45) is 0 Å². The SMILES string of the molecule is O=C(O)CCCCCN1CCC(=O)c2ccccc21. The van der Waals surface area contributed by atoms with Crippen LogP contribution in [0.1, 0.15) is 42.5 Å². The molecule has 0 aliphatic carbocycles. The molecule has 4 heteroatoms. The maximum atomic E-state index is 11.8. The third-order valence-corrected chi connectivity index (χ3v) is 3.47. The second-order valence-corrected chi connectivity index (χ2v) is 4.88. The van der Waals surface area contributed by atoms with Gasteiger partial charge in [-0.3, -0.25) is 9.59 Å². The fourth-order valence-corrected chi connectivity index (χ4v) is 2.46. The standard InChI is InChI=1S/C15H19NO3/c17-14-9-11-16(10-5-1-2-8-15(18)19)13-7-4-3-6-12(13)14/h3-4,6-7H,1-2,5,8-11H2,(H,18,19). The summed E-state index contributed by atoms with van der Waals surface area (Å²) >= 11 is 0. The largest absolute Gasteiger partial charge is 0.481 e. The van der Waals surface area contributed by atoms with Crippen LogP contribution in [0.3, 0.4) is 0 Å². The van der Waals surface area contributed by atoms with Gasteiger partial charge in [0.05, 0.1) is 0 Å². The molecule has 0 unspecified atom stereocenters. The predicted octanol–water partition coefficient (Wildman–Crippen LogP) is 2.72. The number of carboxylic acids is 1. The lowest BCUT2D eigenvalue weighted by molar-refractivity contribution is -0.137. The van der Waals surface area contributed by atoms with Crippen LogP contribution in [0.2, 0.25) is 0 Å². The third-order valence-electron chi connectivity index (χ3n) is 3.47. The molecule has 1 aromatic rings. The number of hydrogen-bond donors (Lipinski definition) is 1. The van der Waals surface area contributed by atoms with Crippen LogP contribution in [-0.2, 0) is 4.79 Å². The first-order chi connectivity index (χ1) is 9.18. The molecule has 1 aromatic carbocycles. The van der Waals surface area contributed by atoms with Crippen LogP contribution in [0.25, 0.3) is 0 Å². The maximum absolute atomic E-state index is 11.8. The smallest absolute Gasteiger partial charge is 0.303 e. The molecule has 0 saturated carbocycles. The zero-order chi connectivity index (χ0) is 13.7. The normalized spacial score (nSPS) is 14.3. The number of anilines is 1. The van der Waals surface area contributed by atoms with Crippen molar-refractivity contribution >= 4 is 17.4 Å². The van der Waals surface area contributed by atoms with Crippen molar-refractivity contribution in [1.82, 2.24) is 0 Å². The number of carboxylic acid groups (broad SMARTS) is 1. The summed E-state index contributed by atoms with van der Waals surface area (Å²) in [5.41, 5.74) is 1.84. The van der Waals surface area contributed by atoms with Gasteiger partial charge in [0.15, 0.2) is 5.78 Å². The van der Waals surface area contributed by atoms with E-state index in [0.717, 1.165) is 43.6 Å². The van der Waals surface area contributed by atoms with E-state index in [1.807, 2.05) is 24.3 Å². The second-order valence-electron chi connectivity index (χ2n) is 4.88. The van der Waals surface area contributed by atoms with E-state index < -0.39 is 5.97 Å². The quantitative estimate of drug-likeness (QED) is 0.800. The van der Waals surface area contributed by atoms with Crippen molar-refractivity contribution in [3.8, 4) is 0 Å². The molecule has 0 bridgehead atoms. The van der Waals surface area contributed by atoms with E-state index in [4.69, 9.17) is 5.11 Å². The average Bonchev–Trinajstić information content (AvgIpc) is 2.41. The van der Waals surface area contributed by atoms with E-state index in [0.29, 0.717) is 6.42 Å². The van der Waals surface area contributed by atoms with Crippen LogP contribution in [0.4, 0.5) is 5.69 Å². The number of Topliss-reactive ketones (excluding diaryl/α,β-unsaturated/α-hetero) is 1. The number of ketones is 1. The molecule has 19 heavy (non-hydrogen) atoms. The Morgan fingerprint density at radius 2 is 2.00 bits per heavy atom. The fourth-order valence-electron chi connectivity index (χ4n) is 2.46. The molecule has 1 aliphatic rings. The minimum Gasteiger partial charge on any atom is -0.481 e. The van der Waals surface area contributed by atoms with Gasteiger partial charge in [-0.25, -0.2) is 0 Å². The summed E-state index contributed by atoms with van der Waals surface area (Å²) in [6, 6.07) is 7.72. The highest BCUT2D eigenvalue weighted by molar-refractivity contribution is 6.03. The van der Waals surface area contributed by atoms with Gasteiger partial charge in [-0.2, -0.15) is 0 Å². The molecule has 102 valence electrons. The van der Waals surface area contributed by atoms with Crippen LogP contribution < -0.4 is 4.90 Å². The first-order valence-electron chi connectivity index (χ1n) is 6.77. The summed E-state index contributed by atoms with van der Waals surface area (Å²) in [5.74, 6) is -0.508. The number of benzene rings is 1. The Morgan fingerprint density at radius 1 is 1.21 bits per heavy atom. The molecule has 0 radical (unpaired) electrons. The Hall–Kier alpha value is -1.84. The maximum Gasteiger partial charge on any atom is 0.303 e. The molecule has 0 saturated heterocycles. The zero-order valence-electron chi connectivity index (χ0n) is 11.0. The Kier molecular flexibility index (Phi) is 4.55. The number of carbonyl (C=O) groups is 2. The van der Waals surface area contributed by atoms with Crippen molar-refractivity contribution in [3.05, 3.63) is 29.8 Å². The summed E-state index contributed by atoms with van der Waals surface area (Å²) < 4.78 is 0. The van der Waals surface area contributed by atoms with Crippen LogP contribution in [0.5, 0.6) is 0 Å². The highest BCUT2D eigenvalue weighted by Crippen LogP contribution is 2.26. The zero-order valence-corrected chi connectivity index (χ0v) is 11.0. The molecule has 2 rings (SSSR count).